The van der Waals surface area contributed by atoms with Crippen LogP contribution < -0.4 is 5.73 Å². The highest BCUT2D eigenvalue weighted by Crippen LogP contribution is 2.49. The Morgan fingerprint density at radius 1 is 1.25 bits per heavy atom. The van der Waals surface area contributed by atoms with Gasteiger partial charge in [0.2, 0.25) is 0 Å². The van der Waals surface area contributed by atoms with Crippen molar-refractivity contribution in [2.45, 2.75) is 46.0 Å². The van der Waals surface area contributed by atoms with Crippen LogP contribution in [0.1, 0.15) is 57.1 Å². The Labute approximate surface area is 98.3 Å². The van der Waals surface area contributed by atoms with Crippen LogP contribution >= 0.6 is 0 Å². The van der Waals surface area contributed by atoms with Crippen LogP contribution in [0.15, 0.2) is 12.4 Å². The first-order valence-corrected chi connectivity index (χ1v) is 6.25. The Morgan fingerprint density at radius 2 is 1.81 bits per heavy atom. The van der Waals surface area contributed by atoms with Gasteiger partial charge in [0.1, 0.15) is 0 Å². The van der Waals surface area contributed by atoms with Gasteiger partial charge in [0.05, 0.1) is 0 Å². The largest absolute Gasteiger partial charge is 0.398 e. The number of rotatable bonds is 3. The van der Waals surface area contributed by atoms with Crippen LogP contribution in [-0.2, 0) is 0 Å². The van der Waals surface area contributed by atoms with Crippen molar-refractivity contribution in [1.82, 2.24) is 4.98 Å². The topological polar surface area (TPSA) is 38.9 Å². The molecule has 1 saturated carbocycles. The highest BCUT2D eigenvalue weighted by Gasteiger charge is 2.38. The van der Waals surface area contributed by atoms with Crippen LogP contribution in [0.25, 0.3) is 0 Å². The van der Waals surface area contributed by atoms with Crippen LogP contribution in [0.4, 0.5) is 5.69 Å². The molecule has 0 spiro atoms. The fourth-order valence-corrected chi connectivity index (χ4v) is 2.60. The lowest BCUT2D eigenvalue weighted by molar-refractivity contribution is 0.617. The van der Waals surface area contributed by atoms with Crippen molar-refractivity contribution in [3.8, 4) is 0 Å². The first-order valence-electron chi connectivity index (χ1n) is 6.25. The quantitative estimate of drug-likeness (QED) is 0.842. The normalized spacial score (nSPS) is 25.8. The van der Waals surface area contributed by atoms with E-state index in [0.29, 0.717) is 11.8 Å². The fraction of sp³-hybridized carbons (Fsp3) is 0.643. The Balaban J connectivity index is 2.30. The second-order valence-corrected chi connectivity index (χ2v) is 5.55. The van der Waals surface area contributed by atoms with E-state index in [1.54, 1.807) is 0 Å². The van der Waals surface area contributed by atoms with E-state index in [1.165, 1.54) is 17.5 Å². The van der Waals surface area contributed by atoms with Crippen molar-refractivity contribution in [3.63, 3.8) is 0 Å². The first kappa shape index (κ1) is 11.4. The summed E-state index contributed by atoms with van der Waals surface area (Å²) in [6, 6.07) is 0. The maximum atomic E-state index is 6.26. The van der Waals surface area contributed by atoms with Crippen LogP contribution in [-0.4, -0.2) is 4.98 Å². The molecule has 0 saturated heterocycles. The number of aromatic nitrogens is 1. The number of nitrogens with zero attached hydrogens (tertiary/aromatic N) is 1. The van der Waals surface area contributed by atoms with Gasteiger partial charge in [-0.15, -0.1) is 0 Å². The van der Waals surface area contributed by atoms with Crippen molar-refractivity contribution in [1.29, 1.82) is 0 Å². The number of nitrogen functional groups attached to an aromatic ring is 1. The second kappa shape index (κ2) is 4.08. The molecule has 3 atom stereocenters. The monoisotopic (exact) mass is 218 g/mol. The Kier molecular flexibility index (Phi) is 2.92. The Hall–Kier alpha value is -1.05. The molecular formula is C14H22N2. The van der Waals surface area contributed by atoms with E-state index >= 15 is 0 Å². The lowest BCUT2D eigenvalue weighted by atomic mass is 9.91. The highest BCUT2D eigenvalue weighted by molar-refractivity contribution is 5.55. The van der Waals surface area contributed by atoms with Crippen LogP contribution in [0.2, 0.25) is 0 Å². The van der Waals surface area contributed by atoms with Gasteiger partial charge in [0.25, 0.3) is 0 Å². The standard InChI is InChI=1S/C14H22N2/c1-8(2)12-6-16-7-13(14(12)15)10(4)11-5-9(11)3/h6-11H,5H2,1-4H3,(H2,15,16)/t9?,10?,11-/m0/s1. The Bertz CT molecular complexity index is 384. The lowest BCUT2D eigenvalue weighted by Gasteiger charge is -2.17. The minimum absolute atomic E-state index is 0.455. The third-order valence-electron chi connectivity index (χ3n) is 3.98. The van der Waals surface area contributed by atoms with Gasteiger partial charge in [0, 0.05) is 18.1 Å². The van der Waals surface area contributed by atoms with E-state index in [2.05, 4.69) is 32.7 Å². The van der Waals surface area contributed by atoms with E-state index in [-0.39, 0.29) is 0 Å². The molecule has 2 rings (SSSR count). The van der Waals surface area contributed by atoms with E-state index in [1.807, 2.05) is 12.4 Å². The molecule has 0 bridgehead atoms. The van der Waals surface area contributed by atoms with E-state index in [0.717, 1.165) is 17.5 Å². The summed E-state index contributed by atoms with van der Waals surface area (Å²) in [7, 11) is 0. The molecular weight excluding hydrogens is 196 g/mol. The van der Waals surface area contributed by atoms with Crippen molar-refractivity contribution in [2.75, 3.05) is 5.73 Å². The summed E-state index contributed by atoms with van der Waals surface area (Å²) < 4.78 is 0. The molecule has 1 aliphatic carbocycles. The van der Waals surface area contributed by atoms with Gasteiger partial charge in [0.15, 0.2) is 0 Å². The highest BCUT2D eigenvalue weighted by atomic mass is 14.7. The van der Waals surface area contributed by atoms with Gasteiger partial charge in [-0.05, 0) is 41.2 Å². The fourth-order valence-electron chi connectivity index (χ4n) is 2.60. The average Bonchev–Trinajstić information content (AvgIpc) is 2.94. The molecule has 2 heteroatoms. The molecule has 2 nitrogen and oxygen atoms in total. The molecule has 16 heavy (non-hydrogen) atoms. The molecule has 1 heterocycles. The van der Waals surface area contributed by atoms with Gasteiger partial charge < -0.3 is 5.73 Å². The molecule has 0 amide bonds. The number of nitrogens with two attached hydrogens (primary N) is 1. The van der Waals surface area contributed by atoms with Gasteiger partial charge in [-0.3, -0.25) is 4.98 Å². The van der Waals surface area contributed by atoms with E-state index < -0.39 is 0 Å². The molecule has 0 aliphatic heterocycles. The maximum absolute atomic E-state index is 6.26. The summed E-state index contributed by atoms with van der Waals surface area (Å²) in [5.74, 6) is 2.68. The average molecular weight is 218 g/mol. The second-order valence-electron chi connectivity index (χ2n) is 5.55. The van der Waals surface area contributed by atoms with Crippen LogP contribution in [0, 0.1) is 11.8 Å². The van der Waals surface area contributed by atoms with Crippen molar-refractivity contribution in [3.05, 3.63) is 23.5 Å². The van der Waals surface area contributed by atoms with E-state index in [4.69, 9.17) is 5.73 Å². The molecule has 0 aromatic carbocycles. The molecule has 2 N–H and O–H groups in total. The van der Waals surface area contributed by atoms with Gasteiger partial charge in [-0.1, -0.05) is 27.7 Å². The zero-order valence-corrected chi connectivity index (χ0v) is 10.7. The number of hydrogen-bond donors (Lipinski definition) is 1. The third-order valence-corrected chi connectivity index (χ3v) is 3.98. The molecule has 88 valence electrons. The van der Waals surface area contributed by atoms with Crippen molar-refractivity contribution < 1.29 is 0 Å². The minimum atomic E-state index is 0.455. The van der Waals surface area contributed by atoms with Gasteiger partial charge in [-0.25, -0.2) is 0 Å². The van der Waals surface area contributed by atoms with Crippen molar-refractivity contribution >= 4 is 5.69 Å². The number of anilines is 1. The molecule has 1 fully saturated rings. The zero-order chi connectivity index (χ0) is 11.9. The summed E-state index contributed by atoms with van der Waals surface area (Å²) in [6.45, 7) is 8.94. The molecule has 1 aliphatic rings. The molecule has 1 aromatic rings. The summed E-state index contributed by atoms with van der Waals surface area (Å²) in [5.41, 5.74) is 9.67. The maximum Gasteiger partial charge on any atom is 0.0415 e. The summed E-state index contributed by atoms with van der Waals surface area (Å²) >= 11 is 0. The molecule has 0 radical (unpaired) electrons. The first-order chi connectivity index (χ1) is 7.52. The van der Waals surface area contributed by atoms with Gasteiger partial charge >= 0.3 is 0 Å². The van der Waals surface area contributed by atoms with Crippen molar-refractivity contribution in [2.24, 2.45) is 11.8 Å². The molecule has 1 aromatic heterocycles. The Morgan fingerprint density at radius 3 is 2.31 bits per heavy atom. The lowest BCUT2D eigenvalue weighted by Crippen LogP contribution is -2.07. The third kappa shape index (κ3) is 1.93. The summed E-state index contributed by atoms with van der Waals surface area (Å²) in [4.78, 5) is 4.34. The zero-order valence-electron chi connectivity index (χ0n) is 10.7. The number of hydrogen-bond acceptors (Lipinski definition) is 2. The van der Waals surface area contributed by atoms with Crippen LogP contribution in [0.5, 0.6) is 0 Å². The summed E-state index contributed by atoms with van der Waals surface area (Å²) in [5, 5.41) is 0. The molecule has 2 unspecified atom stereocenters. The predicted molar refractivity (Wildman–Crippen MR) is 68.4 cm³/mol. The SMILES string of the molecule is CC(C)c1cncc(C(C)[C@H]2CC2C)c1N. The van der Waals surface area contributed by atoms with E-state index in [9.17, 15) is 0 Å². The number of pyridine rings is 1. The predicted octanol–water partition coefficient (Wildman–Crippen LogP) is 3.55. The van der Waals surface area contributed by atoms with Gasteiger partial charge in [-0.2, -0.15) is 0 Å². The summed E-state index contributed by atoms with van der Waals surface area (Å²) in [6.07, 6.45) is 5.20. The van der Waals surface area contributed by atoms with Crippen LogP contribution in [0.3, 0.4) is 0 Å². The smallest absolute Gasteiger partial charge is 0.0415 e. The minimum Gasteiger partial charge on any atom is -0.398 e.